The molecular formula is C16H22BrNO2. The molecule has 1 aromatic rings. The summed E-state index contributed by atoms with van der Waals surface area (Å²) in [5.41, 5.74) is 0.786. The van der Waals surface area contributed by atoms with Crippen molar-refractivity contribution in [3.05, 3.63) is 34.3 Å². The van der Waals surface area contributed by atoms with Gasteiger partial charge < -0.3 is 4.74 Å². The molecule has 0 aromatic heterocycles. The third-order valence-electron chi connectivity index (χ3n) is 3.83. The number of ether oxygens (including phenoxy) is 1. The van der Waals surface area contributed by atoms with Crippen LogP contribution in [-0.2, 0) is 4.74 Å². The summed E-state index contributed by atoms with van der Waals surface area (Å²) >= 11 is 3.41. The van der Waals surface area contributed by atoms with Gasteiger partial charge in [-0.15, -0.1) is 0 Å². The minimum atomic E-state index is 0.209. The van der Waals surface area contributed by atoms with E-state index in [9.17, 15) is 4.79 Å². The zero-order valence-electron chi connectivity index (χ0n) is 12.1. The van der Waals surface area contributed by atoms with Crippen molar-refractivity contribution in [2.45, 2.75) is 38.8 Å². The van der Waals surface area contributed by atoms with E-state index >= 15 is 0 Å². The molecule has 0 spiro atoms. The number of halogens is 1. The summed E-state index contributed by atoms with van der Waals surface area (Å²) in [7, 11) is 0. The number of hydrogen-bond acceptors (Lipinski definition) is 3. The van der Waals surface area contributed by atoms with Crippen LogP contribution in [0.2, 0.25) is 0 Å². The van der Waals surface area contributed by atoms with Crippen LogP contribution in [0.3, 0.4) is 0 Å². The zero-order chi connectivity index (χ0) is 14.5. The van der Waals surface area contributed by atoms with Crippen molar-refractivity contribution < 1.29 is 9.53 Å². The number of nitrogens with zero attached hydrogens (tertiary/aromatic N) is 1. The first-order chi connectivity index (χ1) is 9.60. The number of ketones is 1. The lowest BCUT2D eigenvalue weighted by molar-refractivity contribution is -0.0553. The summed E-state index contributed by atoms with van der Waals surface area (Å²) in [5.74, 6) is 0.209. The first-order valence-corrected chi connectivity index (χ1v) is 8.04. The number of Topliss-reactive ketones (excluding diaryl/α,β-unsaturated/α-hetero) is 1. The van der Waals surface area contributed by atoms with Crippen molar-refractivity contribution in [2.75, 3.05) is 19.7 Å². The molecule has 4 heteroatoms. The molecular weight excluding hydrogens is 318 g/mol. The maximum absolute atomic E-state index is 12.2. The lowest BCUT2D eigenvalue weighted by atomic mass is 10.1. The van der Waals surface area contributed by atoms with Crippen LogP contribution in [0.15, 0.2) is 28.7 Å². The van der Waals surface area contributed by atoms with Gasteiger partial charge in [-0.3, -0.25) is 9.69 Å². The molecule has 0 N–H and O–H groups in total. The van der Waals surface area contributed by atoms with E-state index in [4.69, 9.17) is 4.74 Å². The Kier molecular flexibility index (Phi) is 5.75. The molecule has 1 aliphatic rings. The average molecular weight is 340 g/mol. The quantitative estimate of drug-likeness (QED) is 0.768. The number of rotatable bonds is 5. The summed E-state index contributed by atoms with van der Waals surface area (Å²) in [6, 6.07) is 8.06. The summed E-state index contributed by atoms with van der Waals surface area (Å²) in [4.78, 5) is 14.6. The molecule has 0 aliphatic carbocycles. The van der Waals surface area contributed by atoms with Gasteiger partial charge in [0.15, 0.2) is 5.78 Å². The molecule has 0 bridgehead atoms. The van der Waals surface area contributed by atoms with Gasteiger partial charge in [0, 0.05) is 35.6 Å². The highest BCUT2D eigenvalue weighted by atomic mass is 79.9. The van der Waals surface area contributed by atoms with E-state index in [1.54, 1.807) is 0 Å². The van der Waals surface area contributed by atoms with Gasteiger partial charge in [-0.2, -0.15) is 0 Å². The van der Waals surface area contributed by atoms with E-state index in [-0.39, 0.29) is 11.9 Å². The minimum Gasteiger partial charge on any atom is -0.376 e. The van der Waals surface area contributed by atoms with Crippen molar-refractivity contribution >= 4 is 21.7 Å². The Bertz CT molecular complexity index is 464. The van der Waals surface area contributed by atoms with Gasteiger partial charge in [0.05, 0.1) is 12.7 Å². The van der Waals surface area contributed by atoms with Gasteiger partial charge >= 0.3 is 0 Å². The second kappa shape index (κ2) is 7.34. The van der Waals surface area contributed by atoms with Crippen LogP contribution in [0.1, 0.15) is 37.0 Å². The Morgan fingerprint density at radius 1 is 1.50 bits per heavy atom. The molecule has 1 heterocycles. The molecule has 2 atom stereocenters. The summed E-state index contributed by atoms with van der Waals surface area (Å²) in [5, 5.41) is 0. The topological polar surface area (TPSA) is 29.5 Å². The van der Waals surface area contributed by atoms with Crippen molar-refractivity contribution in [1.29, 1.82) is 0 Å². The van der Waals surface area contributed by atoms with Crippen LogP contribution in [0.4, 0.5) is 0 Å². The van der Waals surface area contributed by atoms with E-state index in [1.807, 2.05) is 24.3 Å². The number of carbonyl (C=O) groups excluding carboxylic acids is 1. The Morgan fingerprint density at radius 2 is 2.30 bits per heavy atom. The maximum Gasteiger partial charge on any atom is 0.164 e. The molecule has 110 valence electrons. The van der Waals surface area contributed by atoms with E-state index in [0.717, 1.165) is 36.2 Å². The highest BCUT2D eigenvalue weighted by molar-refractivity contribution is 9.10. The fourth-order valence-corrected chi connectivity index (χ4v) is 3.01. The molecule has 1 fully saturated rings. The molecule has 0 radical (unpaired) electrons. The second-order valence-corrected chi connectivity index (χ2v) is 6.30. The van der Waals surface area contributed by atoms with Gasteiger partial charge in [0.25, 0.3) is 0 Å². The molecule has 1 saturated heterocycles. The summed E-state index contributed by atoms with van der Waals surface area (Å²) < 4.78 is 6.64. The van der Waals surface area contributed by atoms with Crippen molar-refractivity contribution in [3.8, 4) is 0 Å². The van der Waals surface area contributed by atoms with E-state index in [2.05, 4.69) is 34.7 Å². The summed E-state index contributed by atoms with van der Waals surface area (Å²) in [6.45, 7) is 6.78. The maximum atomic E-state index is 12.2. The first-order valence-electron chi connectivity index (χ1n) is 7.24. The van der Waals surface area contributed by atoms with E-state index < -0.39 is 0 Å². The van der Waals surface area contributed by atoms with Crippen LogP contribution in [-0.4, -0.2) is 42.5 Å². The van der Waals surface area contributed by atoms with Gasteiger partial charge in [0.1, 0.15) is 0 Å². The van der Waals surface area contributed by atoms with Crippen LogP contribution < -0.4 is 0 Å². The fraction of sp³-hybridized carbons (Fsp3) is 0.562. The van der Waals surface area contributed by atoms with Gasteiger partial charge in [0.2, 0.25) is 0 Å². The van der Waals surface area contributed by atoms with Crippen LogP contribution in [0.5, 0.6) is 0 Å². The predicted molar refractivity (Wildman–Crippen MR) is 84.2 cm³/mol. The van der Waals surface area contributed by atoms with Crippen molar-refractivity contribution in [2.24, 2.45) is 0 Å². The van der Waals surface area contributed by atoms with Gasteiger partial charge in [-0.1, -0.05) is 35.0 Å². The van der Waals surface area contributed by atoms with Crippen LogP contribution in [0, 0.1) is 0 Å². The Morgan fingerprint density at radius 3 is 3.00 bits per heavy atom. The molecule has 2 unspecified atom stereocenters. The van der Waals surface area contributed by atoms with Crippen molar-refractivity contribution in [3.63, 3.8) is 0 Å². The molecule has 0 saturated carbocycles. The minimum absolute atomic E-state index is 0.209. The van der Waals surface area contributed by atoms with Gasteiger partial charge in [-0.05, 0) is 25.5 Å². The largest absolute Gasteiger partial charge is 0.376 e. The third-order valence-corrected chi connectivity index (χ3v) is 4.32. The number of hydrogen-bond donors (Lipinski definition) is 0. The molecule has 2 rings (SSSR count). The Labute approximate surface area is 129 Å². The van der Waals surface area contributed by atoms with Crippen molar-refractivity contribution in [1.82, 2.24) is 4.90 Å². The first kappa shape index (κ1) is 15.7. The highest BCUT2D eigenvalue weighted by Crippen LogP contribution is 2.17. The van der Waals surface area contributed by atoms with E-state index in [1.165, 1.54) is 0 Å². The Balaban J connectivity index is 1.91. The van der Waals surface area contributed by atoms with Crippen LogP contribution >= 0.6 is 15.9 Å². The smallest absolute Gasteiger partial charge is 0.164 e. The highest BCUT2D eigenvalue weighted by Gasteiger charge is 2.25. The average Bonchev–Trinajstić information content (AvgIpc) is 2.45. The SMILES string of the molecule is CCC1COC(C)CN1CCC(=O)c1cccc(Br)c1. The molecule has 0 amide bonds. The number of carbonyl (C=O) groups is 1. The molecule has 1 aliphatic heterocycles. The number of morpholine rings is 1. The molecule has 1 aromatic carbocycles. The monoisotopic (exact) mass is 339 g/mol. The lowest BCUT2D eigenvalue weighted by Gasteiger charge is -2.38. The van der Waals surface area contributed by atoms with Crippen LogP contribution in [0.25, 0.3) is 0 Å². The zero-order valence-corrected chi connectivity index (χ0v) is 13.7. The molecule has 3 nitrogen and oxygen atoms in total. The molecule has 20 heavy (non-hydrogen) atoms. The lowest BCUT2D eigenvalue weighted by Crippen LogP contribution is -2.49. The summed E-state index contributed by atoms with van der Waals surface area (Å²) in [6.07, 6.45) is 1.90. The van der Waals surface area contributed by atoms with Gasteiger partial charge in [-0.25, -0.2) is 0 Å². The fourth-order valence-electron chi connectivity index (χ4n) is 2.61. The predicted octanol–water partition coefficient (Wildman–Crippen LogP) is 3.52. The third kappa shape index (κ3) is 4.14. The normalized spacial score (nSPS) is 23.8. The Hall–Kier alpha value is -0.710. The number of benzene rings is 1. The second-order valence-electron chi connectivity index (χ2n) is 5.38. The van der Waals surface area contributed by atoms with E-state index in [0.29, 0.717) is 12.5 Å². The standard InChI is InChI=1S/C16H22BrNO2/c1-3-15-11-20-12(2)10-18(15)8-7-16(19)13-5-4-6-14(17)9-13/h4-6,9,12,15H,3,7-8,10-11H2,1-2H3.